The predicted octanol–water partition coefficient (Wildman–Crippen LogP) is 9.39. The largest absolute Gasteiger partial charge is 0.465 e. The van der Waals surface area contributed by atoms with Gasteiger partial charge in [0.05, 0.1) is 23.9 Å². The Kier molecular flexibility index (Phi) is 7.60. The van der Waals surface area contributed by atoms with Gasteiger partial charge < -0.3 is 15.4 Å². The molecule has 2 unspecified atom stereocenters. The lowest BCUT2D eigenvalue weighted by Gasteiger charge is -2.47. The van der Waals surface area contributed by atoms with Gasteiger partial charge in [0, 0.05) is 17.1 Å². The minimum Gasteiger partial charge on any atom is -0.465 e. The molecule has 0 aromatic heterocycles. The normalized spacial score (nSPS) is 24.3. The van der Waals surface area contributed by atoms with Crippen LogP contribution in [-0.4, -0.2) is 13.1 Å². The Bertz CT molecular complexity index is 1370. The summed E-state index contributed by atoms with van der Waals surface area (Å²) in [7, 11) is 1.27. The van der Waals surface area contributed by atoms with Crippen LogP contribution < -0.4 is 10.6 Å². The predicted molar refractivity (Wildman–Crippen MR) is 154 cm³/mol. The highest BCUT2D eigenvalue weighted by Gasteiger charge is 2.41. The van der Waals surface area contributed by atoms with Gasteiger partial charge in [0.1, 0.15) is 0 Å². The summed E-state index contributed by atoms with van der Waals surface area (Å²) >= 11 is 0. The highest BCUT2D eigenvalue weighted by atomic mass is 19.4. The van der Waals surface area contributed by atoms with Crippen LogP contribution in [-0.2, 0) is 16.3 Å². The summed E-state index contributed by atoms with van der Waals surface area (Å²) in [6.07, 6.45) is 1.80. The number of anilines is 4. The number of carbonyl (C=O) groups excluding carboxylic acids is 1. The van der Waals surface area contributed by atoms with E-state index >= 15 is 0 Å². The molecule has 0 aliphatic heterocycles. The van der Waals surface area contributed by atoms with Crippen LogP contribution in [0.4, 0.5) is 35.9 Å². The Morgan fingerprint density at radius 3 is 2.10 bits per heavy atom. The molecule has 7 heteroatoms. The summed E-state index contributed by atoms with van der Waals surface area (Å²) in [5, 5.41) is 6.15. The summed E-state index contributed by atoms with van der Waals surface area (Å²) < 4.78 is 46.4. The molecule has 2 saturated carbocycles. The van der Waals surface area contributed by atoms with Crippen molar-refractivity contribution in [2.24, 2.45) is 17.8 Å². The zero-order chi connectivity index (χ0) is 28.7. The number of carbonyl (C=O) groups is 1. The molecular formula is C33H37F3N2O2. The van der Waals surface area contributed by atoms with Gasteiger partial charge in [-0.05, 0) is 110 Å². The van der Waals surface area contributed by atoms with Gasteiger partial charge in [-0.1, -0.05) is 37.6 Å². The number of methoxy groups -OCH3 is 1. The fourth-order valence-electron chi connectivity index (χ4n) is 7.08. The first-order valence-corrected chi connectivity index (χ1v) is 14.0. The molecule has 2 aliphatic carbocycles. The minimum absolute atomic E-state index is 0.130. The molecule has 2 N–H and O–H groups in total. The first-order valence-electron chi connectivity index (χ1n) is 14.0. The van der Waals surface area contributed by atoms with Crippen molar-refractivity contribution >= 4 is 28.7 Å². The Morgan fingerprint density at radius 2 is 1.50 bits per heavy atom. The van der Waals surface area contributed by atoms with Gasteiger partial charge in [0.15, 0.2) is 0 Å². The Balaban J connectivity index is 1.39. The van der Waals surface area contributed by atoms with Gasteiger partial charge in [-0.2, -0.15) is 13.2 Å². The Hall–Kier alpha value is -3.48. The molecule has 0 spiro atoms. The maximum atomic E-state index is 13.8. The van der Waals surface area contributed by atoms with E-state index in [-0.39, 0.29) is 16.7 Å². The van der Waals surface area contributed by atoms with Crippen molar-refractivity contribution in [3.05, 3.63) is 82.9 Å². The molecule has 3 aromatic rings. The summed E-state index contributed by atoms with van der Waals surface area (Å²) in [6, 6.07) is 17.0. The van der Waals surface area contributed by atoms with Crippen LogP contribution in [0.2, 0.25) is 0 Å². The van der Waals surface area contributed by atoms with Gasteiger partial charge in [-0.25, -0.2) is 4.79 Å². The van der Waals surface area contributed by atoms with Crippen LogP contribution in [0.1, 0.15) is 73.0 Å². The average molecular weight is 551 g/mol. The smallest absolute Gasteiger partial charge is 0.416 e. The second kappa shape index (κ2) is 10.8. The topological polar surface area (TPSA) is 50.4 Å². The van der Waals surface area contributed by atoms with E-state index < -0.39 is 17.7 Å². The van der Waals surface area contributed by atoms with Crippen LogP contribution in [0.3, 0.4) is 0 Å². The highest BCUT2D eigenvalue weighted by molar-refractivity contribution is 5.96. The van der Waals surface area contributed by atoms with Gasteiger partial charge in [-0.15, -0.1) is 0 Å². The third-order valence-corrected chi connectivity index (χ3v) is 8.61. The molecule has 2 atom stereocenters. The monoisotopic (exact) mass is 550 g/mol. The number of alkyl halides is 3. The number of esters is 1. The molecule has 40 heavy (non-hydrogen) atoms. The summed E-state index contributed by atoms with van der Waals surface area (Å²) in [6.45, 7) is 6.56. The molecule has 2 bridgehead atoms. The van der Waals surface area contributed by atoms with E-state index in [1.54, 1.807) is 24.3 Å². The number of aryl methyl sites for hydroxylation is 1. The SMILES string of the molecule is COC(=O)c1cc(C)ccc1Nc1cc(Nc2ccc(C3(C)CC4CC(C)CC(C4)C3)cc2)cc(C(F)(F)F)c1. The first-order chi connectivity index (χ1) is 18.9. The maximum absolute atomic E-state index is 13.8. The lowest BCUT2D eigenvalue weighted by molar-refractivity contribution is -0.137. The zero-order valence-corrected chi connectivity index (χ0v) is 23.5. The summed E-state index contributed by atoms with van der Waals surface area (Å²) in [5.74, 6) is 1.79. The highest BCUT2D eigenvalue weighted by Crippen LogP contribution is 2.51. The van der Waals surface area contributed by atoms with Crippen molar-refractivity contribution in [3.63, 3.8) is 0 Å². The average Bonchev–Trinajstić information content (AvgIpc) is 2.88. The molecule has 0 radical (unpaired) electrons. The van der Waals surface area contributed by atoms with Crippen molar-refractivity contribution in [2.45, 2.75) is 64.5 Å². The number of hydrogen-bond acceptors (Lipinski definition) is 4. The fourth-order valence-corrected chi connectivity index (χ4v) is 7.08. The minimum atomic E-state index is -4.54. The quantitative estimate of drug-likeness (QED) is 0.300. The number of hydrogen-bond donors (Lipinski definition) is 2. The molecule has 3 aromatic carbocycles. The van der Waals surface area contributed by atoms with Crippen LogP contribution in [0.5, 0.6) is 0 Å². The van der Waals surface area contributed by atoms with Crippen molar-refractivity contribution in [3.8, 4) is 0 Å². The van der Waals surface area contributed by atoms with E-state index in [1.165, 1.54) is 44.8 Å². The molecule has 212 valence electrons. The van der Waals surface area contributed by atoms with E-state index in [0.717, 1.165) is 35.4 Å². The van der Waals surface area contributed by atoms with Crippen molar-refractivity contribution in [2.75, 3.05) is 17.7 Å². The number of ether oxygens (including phenoxy) is 1. The van der Waals surface area contributed by atoms with Crippen LogP contribution >= 0.6 is 0 Å². The second-order valence-corrected chi connectivity index (χ2v) is 12.2. The molecular weight excluding hydrogens is 513 g/mol. The van der Waals surface area contributed by atoms with Gasteiger partial charge in [-0.3, -0.25) is 0 Å². The molecule has 5 rings (SSSR count). The second-order valence-electron chi connectivity index (χ2n) is 12.2. The number of rotatable bonds is 6. The fraction of sp³-hybridized carbons (Fsp3) is 0.424. The van der Waals surface area contributed by atoms with E-state index in [4.69, 9.17) is 4.74 Å². The molecule has 0 saturated heterocycles. The summed E-state index contributed by atoms with van der Waals surface area (Å²) in [4.78, 5) is 12.3. The third kappa shape index (κ3) is 6.13. The van der Waals surface area contributed by atoms with Crippen LogP contribution in [0.25, 0.3) is 0 Å². The lowest BCUT2D eigenvalue weighted by Crippen LogP contribution is -2.38. The van der Waals surface area contributed by atoms with Crippen LogP contribution in [0.15, 0.2) is 60.7 Å². The van der Waals surface area contributed by atoms with E-state index in [0.29, 0.717) is 17.1 Å². The Morgan fingerprint density at radius 1 is 0.875 bits per heavy atom. The first kappa shape index (κ1) is 28.1. The van der Waals surface area contributed by atoms with E-state index in [9.17, 15) is 18.0 Å². The maximum Gasteiger partial charge on any atom is 0.416 e. The number of fused-ring (bicyclic) bond motifs is 2. The van der Waals surface area contributed by atoms with Crippen molar-refractivity contribution < 1.29 is 22.7 Å². The number of benzene rings is 3. The van der Waals surface area contributed by atoms with Gasteiger partial charge in [0.25, 0.3) is 0 Å². The van der Waals surface area contributed by atoms with E-state index in [2.05, 4.69) is 36.6 Å². The molecule has 0 amide bonds. The molecule has 0 heterocycles. The standard InChI is InChI=1S/C33H37F3N2O2/c1-20-5-10-30(29(13-20)31(39)40-4)38-28-16-25(33(34,35)36)15-27(17-28)37-26-8-6-24(7-9-26)32(3)18-22-11-21(2)12-23(14-22)19-32/h5-10,13,15-17,21-23,37-38H,11-12,14,18-19H2,1-4H3. The molecule has 4 nitrogen and oxygen atoms in total. The van der Waals surface area contributed by atoms with E-state index in [1.807, 2.05) is 19.1 Å². The van der Waals surface area contributed by atoms with Crippen molar-refractivity contribution in [1.29, 1.82) is 0 Å². The zero-order valence-electron chi connectivity index (χ0n) is 23.5. The molecule has 2 aliphatic rings. The lowest BCUT2D eigenvalue weighted by atomic mass is 9.57. The van der Waals surface area contributed by atoms with Gasteiger partial charge in [0.2, 0.25) is 0 Å². The van der Waals surface area contributed by atoms with Crippen LogP contribution in [0, 0.1) is 24.7 Å². The third-order valence-electron chi connectivity index (χ3n) is 8.61. The van der Waals surface area contributed by atoms with Gasteiger partial charge >= 0.3 is 12.1 Å². The Labute approximate surface area is 234 Å². The van der Waals surface area contributed by atoms with Crippen molar-refractivity contribution in [1.82, 2.24) is 0 Å². The number of halogens is 3. The summed E-state index contributed by atoms with van der Waals surface area (Å²) in [5.41, 5.74) is 3.30. The number of nitrogens with one attached hydrogen (secondary N) is 2. The molecule has 2 fully saturated rings.